The molecule has 30 heavy (non-hydrogen) atoms. The first-order chi connectivity index (χ1) is 14.0. The Hall–Kier alpha value is -2.68. The van der Waals surface area contributed by atoms with Gasteiger partial charge in [0.05, 0.1) is 5.69 Å². The maximum Gasteiger partial charge on any atom is 0.573 e. The monoisotopic (exact) mass is 445 g/mol. The average Bonchev–Trinajstić information content (AvgIpc) is 2.63. The Kier molecular flexibility index (Phi) is 7.41. The standard InChI is InChI=1S/C20H23ClF3N3O3/c1-5-13(6-2)27-17-10(3)11(4)26-19(16(17)18(25)28)29-14-8-7-12(21)9-15(14)30-20(22,23)24/h7-9,13H,5-6H2,1-4H3,(H2,25,28)(H,26,27). The summed E-state index contributed by atoms with van der Waals surface area (Å²) in [5.41, 5.74) is 7.17. The van der Waals surface area contributed by atoms with Gasteiger partial charge in [0.25, 0.3) is 5.91 Å². The van der Waals surface area contributed by atoms with Crippen LogP contribution in [-0.4, -0.2) is 23.3 Å². The van der Waals surface area contributed by atoms with Crippen molar-refractivity contribution in [3.05, 3.63) is 40.0 Å². The molecule has 0 fully saturated rings. The number of rotatable bonds is 8. The lowest BCUT2D eigenvalue weighted by molar-refractivity contribution is -0.275. The molecule has 0 saturated heterocycles. The largest absolute Gasteiger partial charge is 0.573 e. The Morgan fingerprint density at radius 2 is 1.87 bits per heavy atom. The lowest BCUT2D eigenvalue weighted by atomic mass is 10.0. The van der Waals surface area contributed by atoms with E-state index >= 15 is 0 Å². The molecule has 0 aliphatic rings. The molecule has 10 heteroatoms. The molecule has 1 heterocycles. The van der Waals surface area contributed by atoms with E-state index in [1.807, 2.05) is 13.8 Å². The van der Waals surface area contributed by atoms with Gasteiger partial charge in [-0.05, 0) is 44.4 Å². The minimum Gasteiger partial charge on any atom is -0.434 e. The summed E-state index contributed by atoms with van der Waals surface area (Å²) in [4.78, 5) is 16.5. The van der Waals surface area contributed by atoms with E-state index in [0.29, 0.717) is 16.9 Å². The minimum atomic E-state index is -4.96. The van der Waals surface area contributed by atoms with Crippen molar-refractivity contribution in [2.24, 2.45) is 5.73 Å². The Balaban J connectivity index is 2.60. The van der Waals surface area contributed by atoms with E-state index in [9.17, 15) is 18.0 Å². The van der Waals surface area contributed by atoms with E-state index in [2.05, 4.69) is 15.0 Å². The van der Waals surface area contributed by atoms with Gasteiger partial charge in [-0.3, -0.25) is 4.79 Å². The predicted molar refractivity (Wildman–Crippen MR) is 108 cm³/mol. The fourth-order valence-electron chi connectivity index (χ4n) is 2.82. The highest BCUT2D eigenvalue weighted by Gasteiger charge is 2.33. The van der Waals surface area contributed by atoms with Gasteiger partial charge in [0.15, 0.2) is 11.5 Å². The van der Waals surface area contributed by atoms with Crippen molar-refractivity contribution in [3.63, 3.8) is 0 Å². The number of nitrogens with two attached hydrogens (primary N) is 1. The molecule has 0 bridgehead atoms. The van der Waals surface area contributed by atoms with Gasteiger partial charge in [0.2, 0.25) is 5.88 Å². The van der Waals surface area contributed by atoms with Gasteiger partial charge in [-0.1, -0.05) is 25.4 Å². The number of benzene rings is 1. The van der Waals surface area contributed by atoms with Crippen molar-refractivity contribution in [2.45, 2.75) is 52.9 Å². The number of carbonyl (C=O) groups is 1. The SMILES string of the molecule is CCC(CC)Nc1c(C)c(C)nc(Oc2ccc(Cl)cc2OC(F)(F)F)c1C(N)=O. The Labute approximate surface area is 177 Å². The van der Waals surface area contributed by atoms with Gasteiger partial charge in [0.1, 0.15) is 5.56 Å². The lowest BCUT2D eigenvalue weighted by Crippen LogP contribution is -2.23. The van der Waals surface area contributed by atoms with Crippen molar-refractivity contribution in [1.29, 1.82) is 0 Å². The van der Waals surface area contributed by atoms with Crippen LogP contribution in [0, 0.1) is 13.8 Å². The highest BCUT2D eigenvalue weighted by atomic mass is 35.5. The van der Waals surface area contributed by atoms with Gasteiger partial charge in [-0.25, -0.2) is 4.98 Å². The van der Waals surface area contributed by atoms with Crippen molar-refractivity contribution >= 4 is 23.2 Å². The van der Waals surface area contributed by atoms with Gasteiger partial charge in [-0.15, -0.1) is 13.2 Å². The number of nitrogens with one attached hydrogen (secondary N) is 1. The normalized spacial score (nSPS) is 11.5. The summed E-state index contributed by atoms with van der Waals surface area (Å²) in [6, 6.07) is 3.53. The molecule has 0 aliphatic carbocycles. The summed E-state index contributed by atoms with van der Waals surface area (Å²) in [6.07, 6.45) is -3.40. The zero-order chi connectivity index (χ0) is 22.6. The third kappa shape index (κ3) is 5.69. The number of ether oxygens (including phenoxy) is 2. The zero-order valence-corrected chi connectivity index (χ0v) is 17.7. The maximum absolute atomic E-state index is 12.8. The van der Waals surface area contributed by atoms with Gasteiger partial charge in [-0.2, -0.15) is 0 Å². The molecule has 1 amide bonds. The van der Waals surface area contributed by atoms with Crippen LogP contribution in [0.1, 0.15) is 48.3 Å². The number of aromatic nitrogens is 1. The second-order valence-corrected chi connectivity index (χ2v) is 7.08. The van der Waals surface area contributed by atoms with Crippen LogP contribution in [0.25, 0.3) is 0 Å². The molecule has 0 atom stereocenters. The van der Waals surface area contributed by atoms with E-state index in [1.165, 1.54) is 12.1 Å². The molecule has 1 aromatic carbocycles. The first kappa shape index (κ1) is 23.6. The van der Waals surface area contributed by atoms with Crippen LogP contribution in [-0.2, 0) is 0 Å². The first-order valence-electron chi connectivity index (χ1n) is 9.27. The molecule has 0 saturated carbocycles. The van der Waals surface area contributed by atoms with Crippen LogP contribution in [0.15, 0.2) is 18.2 Å². The molecule has 6 nitrogen and oxygen atoms in total. The molecule has 2 aromatic rings. The summed E-state index contributed by atoms with van der Waals surface area (Å²) in [7, 11) is 0. The van der Waals surface area contributed by atoms with Crippen molar-refractivity contribution in [2.75, 3.05) is 5.32 Å². The summed E-state index contributed by atoms with van der Waals surface area (Å²) in [5.74, 6) is -2.04. The number of carbonyl (C=O) groups excluding carboxylic acids is 1. The third-order valence-electron chi connectivity index (χ3n) is 4.57. The Bertz CT molecular complexity index is 932. The van der Waals surface area contributed by atoms with E-state index in [4.69, 9.17) is 22.1 Å². The first-order valence-corrected chi connectivity index (χ1v) is 9.65. The van der Waals surface area contributed by atoms with Crippen LogP contribution in [0.4, 0.5) is 18.9 Å². The third-order valence-corrected chi connectivity index (χ3v) is 4.80. The summed E-state index contributed by atoms with van der Waals surface area (Å²) in [5, 5.41) is 3.29. The topological polar surface area (TPSA) is 86.5 Å². The van der Waals surface area contributed by atoms with Crippen molar-refractivity contribution in [1.82, 2.24) is 4.98 Å². The maximum atomic E-state index is 12.8. The summed E-state index contributed by atoms with van der Waals surface area (Å²) < 4.78 is 47.9. The average molecular weight is 446 g/mol. The fraction of sp³-hybridized carbons (Fsp3) is 0.400. The molecule has 2 rings (SSSR count). The Morgan fingerprint density at radius 1 is 1.23 bits per heavy atom. The van der Waals surface area contributed by atoms with Gasteiger partial charge < -0.3 is 20.5 Å². The fourth-order valence-corrected chi connectivity index (χ4v) is 2.98. The van der Waals surface area contributed by atoms with Crippen molar-refractivity contribution < 1.29 is 27.4 Å². The molecule has 3 N–H and O–H groups in total. The van der Waals surface area contributed by atoms with Crippen molar-refractivity contribution in [3.8, 4) is 17.4 Å². The number of primary amides is 1. The van der Waals surface area contributed by atoms with E-state index in [0.717, 1.165) is 18.9 Å². The minimum absolute atomic E-state index is 0.0147. The van der Waals surface area contributed by atoms with Crippen LogP contribution >= 0.6 is 11.6 Å². The molecule has 0 aliphatic heterocycles. The number of pyridine rings is 1. The lowest BCUT2D eigenvalue weighted by Gasteiger charge is -2.23. The van der Waals surface area contributed by atoms with E-state index < -0.39 is 18.0 Å². The summed E-state index contributed by atoms with van der Waals surface area (Å²) in [6.45, 7) is 7.44. The molecule has 0 unspecified atom stereocenters. The number of anilines is 1. The zero-order valence-electron chi connectivity index (χ0n) is 17.0. The van der Waals surface area contributed by atoms with E-state index in [-0.39, 0.29) is 28.3 Å². The van der Waals surface area contributed by atoms with Crippen LogP contribution in [0.2, 0.25) is 5.02 Å². The molecular formula is C20H23ClF3N3O3. The molecule has 1 aromatic heterocycles. The number of hydrogen-bond acceptors (Lipinski definition) is 5. The Morgan fingerprint density at radius 3 is 2.40 bits per heavy atom. The molecule has 164 valence electrons. The second-order valence-electron chi connectivity index (χ2n) is 6.64. The highest BCUT2D eigenvalue weighted by molar-refractivity contribution is 6.30. The summed E-state index contributed by atoms with van der Waals surface area (Å²) >= 11 is 5.79. The van der Waals surface area contributed by atoms with Crippen LogP contribution < -0.4 is 20.5 Å². The van der Waals surface area contributed by atoms with Crippen LogP contribution in [0.3, 0.4) is 0 Å². The number of halogens is 4. The number of nitrogens with zero attached hydrogens (tertiary/aromatic N) is 1. The smallest absolute Gasteiger partial charge is 0.434 e. The number of hydrogen-bond donors (Lipinski definition) is 2. The molecular weight excluding hydrogens is 423 g/mol. The quantitative estimate of drug-likeness (QED) is 0.541. The molecule has 0 radical (unpaired) electrons. The number of alkyl halides is 3. The van der Waals surface area contributed by atoms with Crippen LogP contribution in [0.5, 0.6) is 17.4 Å². The van der Waals surface area contributed by atoms with Gasteiger partial charge in [0, 0.05) is 22.8 Å². The molecule has 0 spiro atoms. The highest BCUT2D eigenvalue weighted by Crippen LogP contribution is 2.39. The van der Waals surface area contributed by atoms with Gasteiger partial charge >= 0.3 is 6.36 Å². The second kappa shape index (κ2) is 9.42. The predicted octanol–water partition coefficient (Wildman–Crippen LogP) is 5.74. The van der Waals surface area contributed by atoms with E-state index in [1.54, 1.807) is 13.8 Å². The number of amides is 1. The number of aryl methyl sites for hydroxylation is 1.